The fraction of sp³-hybridized carbons (Fsp3) is 0.0714. The highest BCUT2D eigenvalue weighted by atomic mass is 35.5. The van der Waals surface area contributed by atoms with Crippen LogP contribution in [-0.2, 0) is 4.79 Å². The fourth-order valence-corrected chi connectivity index (χ4v) is 2.82. The molecule has 0 atom stereocenters. The summed E-state index contributed by atoms with van der Waals surface area (Å²) in [4.78, 5) is 11.7. The van der Waals surface area contributed by atoms with E-state index in [2.05, 4.69) is 15.7 Å². The molecule has 1 aliphatic heterocycles. The maximum Gasteiger partial charge on any atom is 0.273 e. The summed E-state index contributed by atoms with van der Waals surface area (Å²) < 4.78 is 1.54. The van der Waals surface area contributed by atoms with Crippen molar-refractivity contribution in [3.8, 4) is 5.69 Å². The van der Waals surface area contributed by atoms with Gasteiger partial charge in [0.1, 0.15) is 10.9 Å². The highest BCUT2D eigenvalue weighted by Crippen LogP contribution is 2.28. The van der Waals surface area contributed by atoms with Gasteiger partial charge in [0.2, 0.25) is 0 Å². The van der Waals surface area contributed by atoms with Gasteiger partial charge in [-0.1, -0.05) is 35.3 Å². The Kier molecular flexibility index (Phi) is 3.90. The van der Waals surface area contributed by atoms with Crippen molar-refractivity contribution in [3.63, 3.8) is 0 Å². The molecule has 3 rings (SSSR count). The van der Waals surface area contributed by atoms with Crippen LogP contribution in [0.3, 0.4) is 0 Å². The largest absolute Gasteiger partial charge is 0.328 e. The number of hydrogen-bond donors (Lipinski definition) is 2. The second-order valence-electron chi connectivity index (χ2n) is 4.62. The number of nitrogens with one attached hydrogen (secondary N) is 2. The Hall–Kier alpha value is -1.89. The number of para-hydroxylation sites is 1. The van der Waals surface area contributed by atoms with E-state index >= 15 is 0 Å². The lowest BCUT2D eigenvalue weighted by Gasteiger charge is -2.05. The first kappa shape index (κ1) is 15.0. The molecule has 0 unspecified atom stereocenters. The molecule has 0 spiro atoms. The number of thiocarbonyl (C=S) groups is 1. The predicted molar refractivity (Wildman–Crippen MR) is 90.2 cm³/mol. The number of carbonyl (C=O) groups is 1. The molecule has 1 fully saturated rings. The van der Waals surface area contributed by atoms with Crippen molar-refractivity contribution in [1.82, 2.24) is 20.4 Å². The van der Waals surface area contributed by atoms with Gasteiger partial charge in [0.25, 0.3) is 5.91 Å². The third-order valence-electron chi connectivity index (χ3n) is 3.14. The van der Waals surface area contributed by atoms with Gasteiger partial charge in [-0.2, -0.15) is 5.10 Å². The summed E-state index contributed by atoms with van der Waals surface area (Å²) in [5.41, 5.74) is 2.30. The van der Waals surface area contributed by atoms with E-state index in [-0.39, 0.29) is 11.0 Å². The maximum atomic E-state index is 11.7. The highest BCUT2D eigenvalue weighted by molar-refractivity contribution is 7.80. The van der Waals surface area contributed by atoms with Crippen LogP contribution in [0.5, 0.6) is 0 Å². The van der Waals surface area contributed by atoms with Crippen LogP contribution in [-0.4, -0.2) is 20.8 Å². The molecule has 0 radical (unpaired) electrons. The van der Waals surface area contributed by atoms with Crippen LogP contribution in [0.15, 0.2) is 30.0 Å². The summed E-state index contributed by atoms with van der Waals surface area (Å²) >= 11 is 17.5. The Bertz CT molecular complexity index is 828. The summed E-state index contributed by atoms with van der Waals surface area (Å²) in [6, 6.07) is 7.24. The molecular formula is C14H10Cl2N4OS. The lowest BCUT2D eigenvalue weighted by molar-refractivity contribution is -0.115. The van der Waals surface area contributed by atoms with Gasteiger partial charge >= 0.3 is 0 Å². The monoisotopic (exact) mass is 352 g/mol. The van der Waals surface area contributed by atoms with Crippen molar-refractivity contribution in [2.24, 2.45) is 0 Å². The summed E-state index contributed by atoms with van der Waals surface area (Å²) in [5.74, 6) is -0.300. The SMILES string of the molecule is Cc1nn(-c2ccccc2Cl)c(Cl)c1/C=C1\NC(=S)NC1=O. The fourth-order valence-electron chi connectivity index (χ4n) is 2.08. The van der Waals surface area contributed by atoms with Gasteiger partial charge in [-0.25, -0.2) is 4.68 Å². The molecule has 1 aliphatic rings. The van der Waals surface area contributed by atoms with Crippen LogP contribution in [0.4, 0.5) is 0 Å². The lowest BCUT2D eigenvalue weighted by atomic mass is 10.2. The van der Waals surface area contributed by atoms with Crippen molar-refractivity contribution >= 4 is 52.5 Å². The molecule has 1 amide bonds. The van der Waals surface area contributed by atoms with E-state index in [1.807, 2.05) is 18.2 Å². The van der Waals surface area contributed by atoms with Crippen LogP contribution in [0.1, 0.15) is 11.3 Å². The Morgan fingerprint density at radius 3 is 2.64 bits per heavy atom. The van der Waals surface area contributed by atoms with E-state index in [1.165, 1.54) is 4.68 Å². The summed E-state index contributed by atoms with van der Waals surface area (Å²) in [5, 5.41) is 10.8. The molecule has 1 saturated heterocycles. The van der Waals surface area contributed by atoms with Crippen molar-refractivity contribution in [2.75, 3.05) is 0 Å². The maximum absolute atomic E-state index is 11.7. The van der Waals surface area contributed by atoms with E-state index in [1.54, 1.807) is 19.1 Å². The number of amides is 1. The average Bonchev–Trinajstić information content (AvgIpc) is 2.93. The number of hydrogen-bond acceptors (Lipinski definition) is 3. The molecule has 8 heteroatoms. The zero-order valence-corrected chi connectivity index (χ0v) is 13.7. The van der Waals surface area contributed by atoms with Gasteiger partial charge in [0, 0.05) is 5.56 Å². The standard InChI is InChI=1S/C14H10Cl2N4OS/c1-7-8(6-10-13(21)18-14(22)17-10)12(16)20(19-7)11-5-3-2-4-9(11)15/h2-6H,1H3,(H2,17,18,21,22)/b10-6-. The minimum absolute atomic E-state index is 0.267. The Morgan fingerprint density at radius 1 is 1.27 bits per heavy atom. The molecule has 5 nitrogen and oxygen atoms in total. The van der Waals surface area contributed by atoms with Crippen molar-refractivity contribution < 1.29 is 4.79 Å². The van der Waals surface area contributed by atoms with Crippen LogP contribution in [0, 0.1) is 6.92 Å². The third kappa shape index (κ3) is 2.61. The number of aromatic nitrogens is 2. The molecule has 2 heterocycles. The normalized spacial score (nSPS) is 16.0. The number of nitrogens with zero attached hydrogens (tertiary/aromatic N) is 2. The average molecular weight is 353 g/mol. The minimum atomic E-state index is -0.300. The summed E-state index contributed by atoms with van der Waals surface area (Å²) in [7, 11) is 0. The number of halogens is 2. The molecule has 0 bridgehead atoms. The first-order chi connectivity index (χ1) is 10.5. The van der Waals surface area contributed by atoms with Crippen LogP contribution < -0.4 is 10.6 Å². The summed E-state index contributed by atoms with van der Waals surface area (Å²) in [6.45, 7) is 1.80. The Morgan fingerprint density at radius 2 is 2.00 bits per heavy atom. The van der Waals surface area contributed by atoms with E-state index in [4.69, 9.17) is 35.4 Å². The molecule has 112 valence electrons. The molecule has 2 aromatic rings. The second-order valence-corrected chi connectivity index (χ2v) is 5.79. The van der Waals surface area contributed by atoms with Crippen molar-refractivity contribution in [1.29, 1.82) is 0 Å². The topological polar surface area (TPSA) is 59.0 Å². The molecule has 22 heavy (non-hydrogen) atoms. The number of benzene rings is 1. The quantitative estimate of drug-likeness (QED) is 0.644. The van der Waals surface area contributed by atoms with E-state index in [0.717, 1.165) is 0 Å². The molecular weight excluding hydrogens is 343 g/mol. The lowest BCUT2D eigenvalue weighted by Crippen LogP contribution is -2.21. The van der Waals surface area contributed by atoms with Gasteiger partial charge in [0.15, 0.2) is 5.11 Å². The molecule has 1 aromatic heterocycles. The first-order valence-electron chi connectivity index (χ1n) is 6.31. The van der Waals surface area contributed by atoms with E-state index in [0.29, 0.717) is 32.8 Å². The number of carbonyl (C=O) groups excluding carboxylic acids is 1. The zero-order chi connectivity index (χ0) is 15.9. The van der Waals surface area contributed by atoms with Crippen LogP contribution in [0.25, 0.3) is 11.8 Å². The van der Waals surface area contributed by atoms with Crippen LogP contribution in [0.2, 0.25) is 10.2 Å². The summed E-state index contributed by atoms with van der Waals surface area (Å²) in [6.07, 6.45) is 1.62. The zero-order valence-electron chi connectivity index (χ0n) is 11.4. The van der Waals surface area contributed by atoms with Crippen molar-refractivity contribution in [2.45, 2.75) is 6.92 Å². The van der Waals surface area contributed by atoms with Gasteiger partial charge < -0.3 is 5.32 Å². The highest BCUT2D eigenvalue weighted by Gasteiger charge is 2.22. The Labute approximate surface area is 141 Å². The molecule has 0 saturated carbocycles. The molecule has 2 N–H and O–H groups in total. The number of rotatable bonds is 2. The number of aryl methyl sites for hydroxylation is 1. The van der Waals surface area contributed by atoms with Gasteiger partial charge in [-0.05, 0) is 37.4 Å². The van der Waals surface area contributed by atoms with Crippen LogP contribution >= 0.6 is 35.4 Å². The molecule has 1 aromatic carbocycles. The Balaban J connectivity index is 2.09. The first-order valence-corrected chi connectivity index (χ1v) is 7.48. The van der Waals surface area contributed by atoms with Gasteiger partial charge in [-0.15, -0.1) is 0 Å². The van der Waals surface area contributed by atoms with E-state index < -0.39 is 0 Å². The third-order valence-corrected chi connectivity index (χ3v) is 4.02. The van der Waals surface area contributed by atoms with Crippen molar-refractivity contribution in [3.05, 3.63) is 51.4 Å². The molecule has 0 aliphatic carbocycles. The smallest absolute Gasteiger partial charge is 0.273 e. The van der Waals surface area contributed by atoms with Gasteiger partial charge in [-0.3, -0.25) is 10.1 Å². The van der Waals surface area contributed by atoms with Gasteiger partial charge in [0.05, 0.1) is 16.4 Å². The second kappa shape index (κ2) is 5.72. The van der Waals surface area contributed by atoms with E-state index in [9.17, 15) is 4.79 Å². The predicted octanol–water partition coefficient (Wildman–Crippen LogP) is 2.83. The minimum Gasteiger partial charge on any atom is -0.328 e.